The number of allylic oxidation sites excluding steroid dienone is 1. The normalized spacial score (nSPS) is 15.8. The highest BCUT2D eigenvalue weighted by Crippen LogP contribution is 2.12. The average molecular weight is 170 g/mol. The lowest BCUT2D eigenvalue weighted by atomic mass is 9.99. The van der Waals surface area contributed by atoms with Gasteiger partial charge in [-0.25, -0.2) is 0 Å². The number of rotatable bonds is 4. The summed E-state index contributed by atoms with van der Waals surface area (Å²) in [5.41, 5.74) is 12.5. The topological polar surface area (TPSA) is 52.0 Å². The largest absolute Gasteiger partial charge is 0.316 e. The molecule has 0 spiro atoms. The molecular formula is C10H22N2. The summed E-state index contributed by atoms with van der Waals surface area (Å²) in [5, 5.41) is 0. The van der Waals surface area contributed by atoms with Gasteiger partial charge in [-0.1, -0.05) is 32.4 Å². The van der Waals surface area contributed by atoms with Crippen LogP contribution < -0.4 is 11.5 Å². The summed E-state index contributed by atoms with van der Waals surface area (Å²) in [6, 6.07) is 0. The van der Waals surface area contributed by atoms with Crippen molar-refractivity contribution in [1.29, 1.82) is 0 Å². The molecule has 1 atom stereocenters. The Morgan fingerprint density at radius 1 is 1.25 bits per heavy atom. The molecular weight excluding hydrogens is 148 g/mol. The molecule has 0 saturated carbocycles. The molecule has 0 aliphatic rings. The van der Waals surface area contributed by atoms with Gasteiger partial charge in [0, 0.05) is 5.92 Å². The van der Waals surface area contributed by atoms with Crippen LogP contribution in [0.25, 0.3) is 0 Å². The van der Waals surface area contributed by atoms with Crippen LogP contribution in [0.4, 0.5) is 0 Å². The monoisotopic (exact) mass is 170 g/mol. The summed E-state index contributed by atoms with van der Waals surface area (Å²) in [6.07, 6.45) is 3.08. The lowest BCUT2D eigenvalue weighted by molar-refractivity contribution is 0.548. The predicted octanol–water partition coefficient (Wildman–Crippen LogP) is 1.86. The third-order valence-electron chi connectivity index (χ3n) is 1.88. The summed E-state index contributed by atoms with van der Waals surface area (Å²) in [7, 11) is 0. The Bertz CT molecular complexity index is 148. The summed E-state index contributed by atoms with van der Waals surface area (Å²) >= 11 is 0. The van der Waals surface area contributed by atoms with Gasteiger partial charge in [0.15, 0.2) is 0 Å². The number of hydrogen-bond acceptors (Lipinski definition) is 2. The molecule has 0 aromatic heterocycles. The smallest absolute Gasteiger partial charge is 0.0582 e. The maximum Gasteiger partial charge on any atom is 0.0582 e. The zero-order valence-electron chi connectivity index (χ0n) is 8.67. The number of hydrogen-bond donors (Lipinski definition) is 2. The van der Waals surface area contributed by atoms with E-state index in [1.54, 1.807) is 0 Å². The first-order valence-corrected chi connectivity index (χ1v) is 4.62. The van der Waals surface area contributed by atoms with Crippen LogP contribution in [0, 0.1) is 11.8 Å². The first kappa shape index (κ1) is 11.7. The van der Waals surface area contributed by atoms with Crippen LogP contribution in [0.5, 0.6) is 0 Å². The Morgan fingerprint density at radius 2 is 1.75 bits per heavy atom. The molecule has 12 heavy (non-hydrogen) atoms. The van der Waals surface area contributed by atoms with E-state index in [-0.39, 0.29) is 12.1 Å². The highest BCUT2D eigenvalue weighted by molar-refractivity contribution is 5.02. The Morgan fingerprint density at radius 3 is 2.08 bits per heavy atom. The molecule has 4 N–H and O–H groups in total. The van der Waals surface area contributed by atoms with Crippen LogP contribution in [-0.2, 0) is 0 Å². The Balaban J connectivity index is 3.97. The highest BCUT2D eigenvalue weighted by atomic mass is 14.9. The van der Waals surface area contributed by atoms with Gasteiger partial charge in [-0.2, -0.15) is 0 Å². The van der Waals surface area contributed by atoms with Crippen molar-refractivity contribution in [2.45, 2.75) is 40.3 Å². The van der Waals surface area contributed by atoms with Crippen LogP contribution in [-0.4, -0.2) is 6.17 Å². The van der Waals surface area contributed by atoms with Crippen molar-refractivity contribution in [3.05, 3.63) is 11.6 Å². The molecule has 0 aromatic carbocycles. The third kappa shape index (κ3) is 5.33. The Kier molecular flexibility index (Phi) is 5.18. The summed E-state index contributed by atoms with van der Waals surface area (Å²) in [4.78, 5) is 0. The molecule has 0 fully saturated rings. The minimum Gasteiger partial charge on any atom is -0.316 e. The minimum atomic E-state index is -0.230. The standard InChI is InChI=1S/C10H22N2/c1-7(2)5-8(3)6-9(4)10(11)12/h6-7,9-10H,5,11-12H2,1-4H3/b8-6+. The molecule has 0 amide bonds. The summed E-state index contributed by atoms with van der Waals surface area (Å²) < 4.78 is 0. The average Bonchev–Trinajstić information content (AvgIpc) is 1.84. The van der Waals surface area contributed by atoms with Gasteiger partial charge in [0.05, 0.1) is 6.17 Å². The van der Waals surface area contributed by atoms with Gasteiger partial charge in [0.2, 0.25) is 0 Å². The van der Waals surface area contributed by atoms with Crippen molar-refractivity contribution >= 4 is 0 Å². The maximum absolute atomic E-state index is 5.55. The van der Waals surface area contributed by atoms with Crippen LogP contribution in [0.1, 0.15) is 34.1 Å². The van der Waals surface area contributed by atoms with Gasteiger partial charge >= 0.3 is 0 Å². The van der Waals surface area contributed by atoms with Crippen LogP contribution in [0.3, 0.4) is 0 Å². The molecule has 0 bridgehead atoms. The van der Waals surface area contributed by atoms with Crippen molar-refractivity contribution < 1.29 is 0 Å². The SMILES string of the molecule is C/C(=C\C(C)C(N)N)CC(C)C. The van der Waals surface area contributed by atoms with Crippen LogP contribution in [0.15, 0.2) is 11.6 Å². The van der Waals surface area contributed by atoms with Crippen LogP contribution in [0.2, 0.25) is 0 Å². The quantitative estimate of drug-likeness (QED) is 0.500. The fourth-order valence-electron chi connectivity index (χ4n) is 1.27. The molecule has 0 aliphatic carbocycles. The first-order chi connectivity index (χ1) is 5.43. The van der Waals surface area contributed by atoms with Gasteiger partial charge in [-0.3, -0.25) is 0 Å². The molecule has 1 unspecified atom stereocenters. The molecule has 2 heteroatoms. The van der Waals surface area contributed by atoms with E-state index >= 15 is 0 Å². The van der Waals surface area contributed by atoms with Gasteiger partial charge in [-0.15, -0.1) is 0 Å². The van der Waals surface area contributed by atoms with E-state index in [2.05, 4.69) is 33.8 Å². The Hall–Kier alpha value is -0.340. The Labute approximate surface area is 76.0 Å². The van der Waals surface area contributed by atoms with Gasteiger partial charge in [-0.05, 0) is 19.3 Å². The van der Waals surface area contributed by atoms with E-state index in [4.69, 9.17) is 11.5 Å². The lowest BCUT2D eigenvalue weighted by Gasteiger charge is -2.13. The zero-order valence-corrected chi connectivity index (χ0v) is 8.67. The second-order valence-corrected chi connectivity index (χ2v) is 4.05. The zero-order chi connectivity index (χ0) is 9.72. The molecule has 72 valence electrons. The van der Waals surface area contributed by atoms with E-state index in [0.717, 1.165) is 6.42 Å². The second kappa shape index (κ2) is 5.33. The van der Waals surface area contributed by atoms with Crippen molar-refractivity contribution in [2.24, 2.45) is 23.3 Å². The fourth-order valence-corrected chi connectivity index (χ4v) is 1.27. The van der Waals surface area contributed by atoms with E-state index in [1.165, 1.54) is 5.57 Å². The van der Waals surface area contributed by atoms with Crippen molar-refractivity contribution in [3.63, 3.8) is 0 Å². The molecule has 0 aromatic rings. The summed E-state index contributed by atoms with van der Waals surface area (Å²) in [5.74, 6) is 0.992. The fraction of sp³-hybridized carbons (Fsp3) is 0.800. The third-order valence-corrected chi connectivity index (χ3v) is 1.88. The van der Waals surface area contributed by atoms with E-state index in [1.807, 2.05) is 0 Å². The van der Waals surface area contributed by atoms with Crippen molar-refractivity contribution in [2.75, 3.05) is 0 Å². The van der Waals surface area contributed by atoms with Gasteiger partial charge in [0.1, 0.15) is 0 Å². The first-order valence-electron chi connectivity index (χ1n) is 4.62. The summed E-state index contributed by atoms with van der Waals surface area (Å²) in [6.45, 7) is 8.61. The van der Waals surface area contributed by atoms with Crippen molar-refractivity contribution in [3.8, 4) is 0 Å². The molecule has 2 nitrogen and oxygen atoms in total. The minimum absolute atomic E-state index is 0.230. The lowest BCUT2D eigenvalue weighted by Crippen LogP contribution is -2.36. The van der Waals surface area contributed by atoms with E-state index < -0.39 is 0 Å². The number of nitrogens with two attached hydrogens (primary N) is 2. The molecule has 0 rings (SSSR count). The second-order valence-electron chi connectivity index (χ2n) is 4.05. The van der Waals surface area contributed by atoms with Crippen LogP contribution >= 0.6 is 0 Å². The maximum atomic E-state index is 5.55. The van der Waals surface area contributed by atoms with E-state index in [9.17, 15) is 0 Å². The highest BCUT2D eigenvalue weighted by Gasteiger charge is 2.04. The van der Waals surface area contributed by atoms with Crippen molar-refractivity contribution in [1.82, 2.24) is 0 Å². The molecule has 0 saturated heterocycles. The van der Waals surface area contributed by atoms with E-state index in [0.29, 0.717) is 5.92 Å². The molecule has 0 heterocycles. The molecule has 0 aliphatic heterocycles. The van der Waals surface area contributed by atoms with Gasteiger partial charge < -0.3 is 11.5 Å². The predicted molar refractivity (Wildman–Crippen MR) is 54.5 cm³/mol. The van der Waals surface area contributed by atoms with Gasteiger partial charge in [0.25, 0.3) is 0 Å². The molecule has 0 radical (unpaired) electrons.